The van der Waals surface area contributed by atoms with E-state index in [-0.39, 0.29) is 0 Å². The molecule has 82 valence electrons. The molecule has 0 aliphatic heterocycles. The van der Waals surface area contributed by atoms with E-state index in [2.05, 4.69) is 21.1 Å². The highest BCUT2D eigenvalue weighted by Crippen LogP contribution is 2.22. The smallest absolute Gasteiger partial charge is 0.112 e. The van der Waals surface area contributed by atoms with E-state index in [1.807, 2.05) is 29.7 Å². The number of hydrogen-bond donors (Lipinski definition) is 3. The van der Waals surface area contributed by atoms with Crippen molar-refractivity contribution in [1.82, 2.24) is 0 Å². The molecule has 0 amide bonds. The average molecular weight is 281 g/mol. The van der Waals surface area contributed by atoms with Crippen LogP contribution in [-0.4, -0.2) is 10.4 Å². The van der Waals surface area contributed by atoms with Crippen molar-refractivity contribution in [3.8, 4) is 0 Å². The van der Waals surface area contributed by atoms with Crippen molar-refractivity contribution in [3.63, 3.8) is 0 Å². The number of fused-ring (bicyclic) bond motifs is 1. The first-order chi connectivity index (χ1) is 7.76. The summed E-state index contributed by atoms with van der Waals surface area (Å²) in [6.45, 7) is 0. The average Bonchev–Trinajstić information content (AvgIpc) is 2.47. The van der Waals surface area contributed by atoms with Gasteiger partial charge in [-0.15, -0.1) is 0 Å². The van der Waals surface area contributed by atoms with Crippen LogP contribution in [0.15, 0.2) is 46.0 Å². The molecule has 0 bridgehead atoms. The van der Waals surface area contributed by atoms with Crippen molar-refractivity contribution in [1.29, 1.82) is 0 Å². The number of anilines is 1. The Balaban J connectivity index is 3.02. The highest BCUT2D eigenvalue weighted by molar-refractivity contribution is 9.10. The third kappa shape index (κ3) is 1.87. The number of benzene rings is 1. The quantitative estimate of drug-likeness (QED) is 0.556. The van der Waals surface area contributed by atoms with Crippen LogP contribution >= 0.6 is 15.9 Å². The summed E-state index contributed by atoms with van der Waals surface area (Å²) in [5.74, 6) is 0. The molecule has 0 aromatic heterocycles. The van der Waals surface area contributed by atoms with Crippen molar-refractivity contribution in [2.75, 3.05) is 5.48 Å². The molecule has 2 aromatic carbocycles. The summed E-state index contributed by atoms with van der Waals surface area (Å²) in [5, 5.41) is 23.2. The molecule has 16 heavy (non-hydrogen) atoms. The van der Waals surface area contributed by atoms with Crippen molar-refractivity contribution in [2.45, 2.75) is 0 Å². The molecular formula is C11H9BrN2O2. The first-order valence-corrected chi connectivity index (χ1v) is 5.36. The predicted molar refractivity (Wildman–Crippen MR) is 64.4 cm³/mol. The SMILES string of the molecule is ON=c1cc(NO)cc(Br)c2ccccc12. The summed E-state index contributed by atoms with van der Waals surface area (Å²) in [5.41, 5.74) is 2.48. The van der Waals surface area contributed by atoms with Crippen LogP contribution in [0.4, 0.5) is 5.69 Å². The molecule has 0 radical (unpaired) electrons. The molecule has 0 fully saturated rings. The molecule has 3 N–H and O–H groups in total. The Morgan fingerprint density at radius 3 is 2.44 bits per heavy atom. The number of hydrogen-bond acceptors (Lipinski definition) is 4. The Kier molecular flexibility index (Phi) is 3.07. The van der Waals surface area contributed by atoms with E-state index in [1.54, 1.807) is 12.1 Å². The second-order valence-electron chi connectivity index (χ2n) is 3.23. The molecule has 0 spiro atoms. The zero-order chi connectivity index (χ0) is 11.5. The molecule has 0 atom stereocenters. The molecule has 2 aromatic rings. The Hall–Kier alpha value is -1.59. The zero-order valence-corrected chi connectivity index (χ0v) is 9.77. The van der Waals surface area contributed by atoms with Gasteiger partial charge in [0.1, 0.15) is 5.36 Å². The minimum atomic E-state index is 0.387. The van der Waals surface area contributed by atoms with Crippen LogP contribution in [0, 0.1) is 0 Å². The van der Waals surface area contributed by atoms with E-state index in [1.165, 1.54) is 0 Å². The lowest BCUT2D eigenvalue weighted by Gasteiger charge is -1.93. The van der Waals surface area contributed by atoms with Gasteiger partial charge in [-0.3, -0.25) is 10.7 Å². The molecular weight excluding hydrogens is 272 g/mol. The van der Waals surface area contributed by atoms with Gasteiger partial charge in [0.05, 0.1) is 5.69 Å². The molecule has 0 aliphatic carbocycles. The first-order valence-electron chi connectivity index (χ1n) is 4.57. The van der Waals surface area contributed by atoms with Gasteiger partial charge in [-0.1, -0.05) is 45.4 Å². The fourth-order valence-corrected chi connectivity index (χ4v) is 2.14. The number of nitrogens with zero attached hydrogens (tertiary/aromatic N) is 1. The third-order valence-electron chi connectivity index (χ3n) is 2.27. The van der Waals surface area contributed by atoms with Gasteiger partial charge in [0.25, 0.3) is 0 Å². The number of halogens is 1. The molecule has 0 unspecified atom stereocenters. The number of nitrogens with one attached hydrogen (secondary N) is 1. The molecule has 4 nitrogen and oxygen atoms in total. The van der Waals surface area contributed by atoms with Crippen LogP contribution in [-0.2, 0) is 0 Å². The van der Waals surface area contributed by atoms with E-state index in [9.17, 15) is 0 Å². The van der Waals surface area contributed by atoms with Crippen molar-refractivity contribution in [3.05, 3.63) is 46.2 Å². The van der Waals surface area contributed by atoms with E-state index in [0.29, 0.717) is 11.0 Å². The lowest BCUT2D eigenvalue weighted by atomic mass is 10.2. The van der Waals surface area contributed by atoms with Crippen LogP contribution < -0.4 is 10.8 Å². The van der Waals surface area contributed by atoms with E-state index < -0.39 is 0 Å². The Morgan fingerprint density at radius 2 is 1.81 bits per heavy atom. The number of rotatable bonds is 1. The van der Waals surface area contributed by atoms with Crippen LogP contribution in [0.2, 0.25) is 0 Å². The molecule has 5 heteroatoms. The standard InChI is InChI=1S/C11H9BrN2O2/c12-10-5-7(13-15)6-11(14-16)9-4-2-1-3-8(9)10/h1-6,13,15-16H. The third-order valence-corrected chi connectivity index (χ3v) is 2.93. The van der Waals surface area contributed by atoms with Gasteiger partial charge in [-0.2, -0.15) is 0 Å². The van der Waals surface area contributed by atoms with E-state index in [0.717, 1.165) is 15.2 Å². The van der Waals surface area contributed by atoms with Crippen LogP contribution in [0.3, 0.4) is 0 Å². The Labute approximate surface area is 99.9 Å². The van der Waals surface area contributed by atoms with Crippen LogP contribution in [0.25, 0.3) is 10.8 Å². The van der Waals surface area contributed by atoms with Crippen molar-refractivity contribution < 1.29 is 10.4 Å². The molecule has 2 rings (SSSR count). The fraction of sp³-hybridized carbons (Fsp3) is 0. The first kappa shape index (κ1) is 10.9. The minimum Gasteiger partial charge on any atom is -0.410 e. The minimum absolute atomic E-state index is 0.387. The summed E-state index contributed by atoms with van der Waals surface area (Å²) in [6.07, 6.45) is 0. The normalized spacial score (nSPS) is 11.8. The summed E-state index contributed by atoms with van der Waals surface area (Å²) in [7, 11) is 0. The Morgan fingerprint density at radius 1 is 1.12 bits per heavy atom. The highest BCUT2D eigenvalue weighted by atomic mass is 79.9. The monoisotopic (exact) mass is 280 g/mol. The molecule has 0 saturated heterocycles. The van der Waals surface area contributed by atoms with Gasteiger partial charge in [0.15, 0.2) is 0 Å². The zero-order valence-electron chi connectivity index (χ0n) is 8.18. The van der Waals surface area contributed by atoms with Crippen molar-refractivity contribution >= 4 is 32.4 Å². The highest BCUT2D eigenvalue weighted by Gasteiger charge is 2.01. The van der Waals surface area contributed by atoms with Crippen LogP contribution in [0.1, 0.15) is 0 Å². The maximum absolute atomic E-state index is 8.96. The molecule has 0 heterocycles. The maximum Gasteiger partial charge on any atom is 0.112 e. The molecule has 0 saturated carbocycles. The van der Waals surface area contributed by atoms with Gasteiger partial charge >= 0.3 is 0 Å². The maximum atomic E-state index is 8.96. The largest absolute Gasteiger partial charge is 0.410 e. The van der Waals surface area contributed by atoms with Gasteiger partial charge in [-0.25, -0.2) is 0 Å². The van der Waals surface area contributed by atoms with E-state index >= 15 is 0 Å². The lowest BCUT2D eigenvalue weighted by molar-refractivity contribution is 0.303. The summed E-state index contributed by atoms with van der Waals surface area (Å²) in [6, 6.07) is 10.7. The van der Waals surface area contributed by atoms with Gasteiger partial charge in [0, 0.05) is 9.86 Å². The summed E-state index contributed by atoms with van der Waals surface area (Å²) in [4.78, 5) is 0. The second-order valence-corrected chi connectivity index (χ2v) is 4.09. The Bertz CT molecular complexity index is 599. The topological polar surface area (TPSA) is 64.9 Å². The van der Waals surface area contributed by atoms with Crippen LogP contribution in [0.5, 0.6) is 0 Å². The predicted octanol–water partition coefficient (Wildman–Crippen LogP) is 2.69. The van der Waals surface area contributed by atoms with Gasteiger partial charge < -0.3 is 5.21 Å². The summed E-state index contributed by atoms with van der Waals surface area (Å²) < 4.78 is 0.801. The second kappa shape index (κ2) is 4.51. The van der Waals surface area contributed by atoms with Crippen molar-refractivity contribution in [2.24, 2.45) is 5.16 Å². The fourth-order valence-electron chi connectivity index (χ4n) is 1.54. The molecule has 0 aliphatic rings. The summed E-state index contributed by atoms with van der Waals surface area (Å²) >= 11 is 3.41. The van der Waals surface area contributed by atoms with Gasteiger partial charge in [0.2, 0.25) is 0 Å². The van der Waals surface area contributed by atoms with E-state index in [4.69, 9.17) is 10.4 Å². The van der Waals surface area contributed by atoms with Gasteiger partial charge in [-0.05, 0) is 17.5 Å². The lowest BCUT2D eigenvalue weighted by Crippen LogP contribution is -2.00.